The largest absolute Gasteiger partial charge is 0.481 e. The molecule has 112 valence electrons. The van der Waals surface area contributed by atoms with Gasteiger partial charge in [0.05, 0.1) is 23.0 Å². The highest BCUT2D eigenvalue weighted by molar-refractivity contribution is 7.91. The molecular weight excluding hydrogens is 272 g/mol. The number of ether oxygens (including phenoxy) is 1. The van der Waals surface area contributed by atoms with Crippen LogP contribution in [0.2, 0.25) is 0 Å². The van der Waals surface area contributed by atoms with Crippen molar-refractivity contribution in [1.29, 1.82) is 0 Å². The molecular formula is C12H22O6S. The monoisotopic (exact) mass is 294 g/mol. The molecule has 1 saturated carbocycles. The van der Waals surface area contributed by atoms with Crippen molar-refractivity contribution in [2.45, 2.75) is 37.7 Å². The molecule has 0 radical (unpaired) electrons. The number of carbonyl (C=O) groups is 1. The highest BCUT2D eigenvalue weighted by atomic mass is 32.2. The quantitative estimate of drug-likeness (QED) is 0.661. The van der Waals surface area contributed by atoms with Crippen molar-refractivity contribution in [3.05, 3.63) is 0 Å². The van der Waals surface area contributed by atoms with Gasteiger partial charge in [-0.25, -0.2) is 8.42 Å². The first-order valence-electron chi connectivity index (χ1n) is 6.42. The molecule has 1 aliphatic rings. The van der Waals surface area contributed by atoms with Gasteiger partial charge in [-0.3, -0.25) is 4.79 Å². The summed E-state index contributed by atoms with van der Waals surface area (Å²) < 4.78 is 28.5. The summed E-state index contributed by atoms with van der Waals surface area (Å²) in [6, 6.07) is 0. The molecule has 2 N–H and O–H groups in total. The van der Waals surface area contributed by atoms with Crippen molar-refractivity contribution in [2.24, 2.45) is 5.92 Å². The Bertz CT molecular complexity index is 394. The third-order valence-corrected chi connectivity index (χ3v) is 5.45. The third-order valence-electron chi connectivity index (χ3n) is 3.56. The Morgan fingerprint density at radius 3 is 2.42 bits per heavy atom. The van der Waals surface area contributed by atoms with E-state index < -0.39 is 27.3 Å². The Kier molecular flexibility index (Phi) is 5.76. The van der Waals surface area contributed by atoms with Crippen LogP contribution in [0.4, 0.5) is 0 Å². The van der Waals surface area contributed by atoms with E-state index in [1.807, 2.05) is 0 Å². The summed E-state index contributed by atoms with van der Waals surface area (Å²) in [6.45, 7) is 0.374. The molecule has 1 aliphatic carbocycles. The second-order valence-corrected chi connectivity index (χ2v) is 7.46. The van der Waals surface area contributed by atoms with Gasteiger partial charge in [-0.05, 0) is 32.1 Å². The van der Waals surface area contributed by atoms with Crippen molar-refractivity contribution in [1.82, 2.24) is 0 Å². The second kappa shape index (κ2) is 6.67. The SMILES string of the molecule is COCCCS(=O)(=O)CC1(O)CCC(C(=O)O)CC1. The first-order valence-corrected chi connectivity index (χ1v) is 8.25. The number of rotatable bonds is 7. The smallest absolute Gasteiger partial charge is 0.306 e. The minimum absolute atomic E-state index is 0.00842. The van der Waals surface area contributed by atoms with Gasteiger partial charge in [-0.15, -0.1) is 0 Å². The summed E-state index contributed by atoms with van der Waals surface area (Å²) in [5, 5.41) is 19.1. The molecule has 0 aliphatic heterocycles. The van der Waals surface area contributed by atoms with Crippen LogP contribution in [-0.4, -0.2) is 55.4 Å². The van der Waals surface area contributed by atoms with Crippen LogP contribution in [0.3, 0.4) is 0 Å². The lowest BCUT2D eigenvalue weighted by molar-refractivity contribution is -0.144. The lowest BCUT2D eigenvalue weighted by Gasteiger charge is -2.34. The molecule has 0 aromatic heterocycles. The zero-order valence-electron chi connectivity index (χ0n) is 11.2. The fourth-order valence-corrected chi connectivity index (χ4v) is 4.26. The van der Waals surface area contributed by atoms with Crippen molar-refractivity contribution in [3.8, 4) is 0 Å². The summed E-state index contributed by atoms with van der Waals surface area (Å²) in [7, 11) is -1.82. The minimum Gasteiger partial charge on any atom is -0.481 e. The van der Waals surface area contributed by atoms with Crippen LogP contribution in [0.15, 0.2) is 0 Å². The fraction of sp³-hybridized carbons (Fsp3) is 0.917. The van der Waals surface area contributed by atoms with E-state index in [1.54, 1.807) is 0 Å². The van der Waals surface area contributed by atoms with E-state index in [-0.39, 0.29) is 24.3 Å². The van der Waals surface area contributed by atoms with E-state index in [9.17, 15) is 18.3 Å². The molecule has 0 saturated heterocycles. The molecule has 0 aromatic carbocycles. The standard InChI is InChI=1S/C12H22O6S/c1-18-7-2-8-19(16,17)9-12(15)5-3-10(4-6-12)11(13)14/h10,15H,2-9H2,1H3,(H,13,14). The Labute approximate surface area is 113 Å². The molecule has 1 fully saturated rings. The molecule has 19 heavy (non-hydrogen) atoms. The number of hydrogen-bond donors (Lipinski definition) is 2. The van der Waals surface area contributed by atoms with E-state index in [1.165, 1.54) is 7.11 Å². The molecule has 0 bridgehead atoms. The van der Waals surface area contributed by atoms with Crippen LogP contribution in [0, 0.1) is 5.92 Å². The van der Waals surface area contributed by atoms with Gasteiger partial charge in [0.1, 0.15) is 0 Å². The first-order chi connectivity index (χ1) is 8.78. The molecule has 6 nitrogen and oxygen atoms in total. The summed E-state index contributed by atoms with van der Waals surface area (Å²) in [4.78, 5) is 10.8. The van der Waals surface area contributed by atoms with E-state index in [2.05, 4.69) is 0 Å². The number of hydrogen-bond acceptors (Lipinski definition) is 5. The van der Waals surface area contributed by atoms with Gasteiger partial charge in [0.15, 0.2) is 9.84 Å². The Morgan fingerprint density at radius 1 is 1.37 bits per heavy atom. The first kappa shape index (κ1) is 16.4. The van der Waals surface area contributed by atoms with Gasteiger partial charge in [0, 0.05) is 13.7 Å². The zero-order chi connectivity index (χ0) is 14.5. The van der Waals surface area contributed by atoms with Gasteiger partial charge in [0.25, 0.3) is 0 Å². The van der Waals surface area contributed by atoms with Crippen LogP contribution in [0.1, 0.15) is 32.1 Å². The number of aliphatic carboxylic acids is 1. The van der Waals surface area contributed by atoms with Crippen molar-refractivity contribution in [2.75, 3.05) is 25.2 Å². The normalized spacial score (nSPS) is 28.2. The van der Waals surface area contributed by atoms with Crippen molar-refractivity contribution >= 4 is 15.8 Å². The van der Waals surface area contributed by atoms with E-state index in [0.717, 1.165) is 0 Å². The molecule has 0 heterocycles. The van der Waals surface area contributed by atoms with Crippen molar-refractivity contribution < 1.29 is 28.2 Å². The highest BCUT2D eigenvalue weighted by Gasteiger charge is 2.38. The number of aliphatic hydroxyl groups is 1. The maximum atomic E-state index is 11.9. The summed E-state index contributed by atoms with van der Waals surface area (Å²) in [5.41, 5.74) is -1.27. The molecule has 0 atom stereocenters. The molecule has 0 aromatic rings. The van der Waals surface area contributed by atoms with Gasteiger partial charge in [-0.2, -0.15) is 0 Å². The second-order valence-electron chi connectivity index (χ2n) is 5.28. The lowest BCUT2D eigenvalue weighted by Crippen LogP contribution is -2.42. The number of methoxy groups -OCH3 is 1. The Hall–Kier alpha value is -0.660. The summed E-state index contributed by atoms with van der Waals surface area (Å²) >= 11 is 0. The Morgan fingerprint density at radius 2 is 1.95 bits per heavy atom. The molecule has 0 unspecified atom stereocenters. The third kappa shape index (κ3) is 5.46. The van der Waals surface area contributed by atoms with Gasteiger partial charge in [0.2, 0.25) is 0 Å². The molecule has 0 amide bonds. The number of carboxylic acids is 1. The molecule has 0 spiro atoms. The maximum Gasteiger partial charge on any atom is 0.306 e. The predicted molar refractivity (Wildman–Crippen MR) is 69.7 cm³/mol. The van der Waals surface area contributed by atoms with E-state index in [0.29, 0.717) is 25.9 Å². The number of sulfone groups is 1. The fourth-order valence-electron chi connectivity index (χ4n) is 2.45. The van der Waals surface area contributed by atoms with Crippen molar-refractivity contribution in [3.63, 3.8) is 0 Å². The minimum atomic E-state index is -3.33. The van der Waals surface area contributed by atoms with Crippen LogP contribution in [0.25, 0.3) is 0 Å². The van der Waals surface area contributed by atoms with Crippen LogP contribution in [0.5, 0.6) is 0 Å². The zero-order valence-corrected chi connectivity index (χ0v) is 12.0. The van der Waals surface area contributed by atoms with E-state index in [4.69, 9.17) is 9.84 Å². The summed E-state index contributed by atoms with van der Waals surface area (Å²) in [5.74, 6) is -1.62. The lowest BCUT2D eigenvalue weighted by atomic mass is 9.80. The van der Waals surface area contributed by atoms with Gasteiger partial charge >= 0.3 is 5.97 Å². The average molecular weight is 294 g/mol. The van der Waals surface area contributed by atoms with Crippen LogP contribution >= 0.6 is 0 Å². The molecule has 1 rings (SSSR count). The predicted octanol–water partition coefficient (Wildman–Crippen LogP) is 0.444. The summed E-state index contributed by atoms with van der Waals surface area (Å²) in [6.07, 6.45) is 1.53. The topological polar surface area (TPSA) is 101 Å². The average Bonchev–Trinajstić information content (AvgIpc) is 2.28. The van der Waals surface area contributed by atoms with Gasteiger partial charge < -0.3 is 14.9 Å². The van der Waals surface area contributed by atoms with Crippen LogP contribution in [-0.2, 0) is 19.4 Å². The molecule has 7 heteroatoms. The van der Waals surface area contributed by atoms with Crippen LogP contribution < -0.4 is 0 Å². The Balaban J connectivity index is 2.50. The maximum absolute atomic E-state index is 11.9. The van der Waals surface area contributed by atoms with Gasteiger partial charge in [-0.1, -0.05) is 0 Å². The van der Waals surface area contributed by atoms with E-state index >= 15 is 0 Å². The number of carboxylic acid groups (broad SMARTS) is 1. The highest BCUT2D eigenvalue weighted by Crippen LogP contribution is 2.33.